The summed E-state index contributed by atoms with van der Waals surface area (Å²) in [7, 11) is -0.407. The predicted octanol–water partition coefficient (Wildman–Crippen LogP) is 5.07. The van der Waals surface area contributed by atoms with Crippen LogP contribution in [0.3, 0.4) is 0 Å². The van der Waals surface area contributed by atoms with Crippen molar-refractivity contribution >= 4 is 12.8 Å². The number of nitrogens with one attached hydrogen (secondary N) is 1. The Morgan fingerprint density at radius 3 is 2.31 bits per heavy atom. The Morgan fingerprint density at radius 1 is 1.25 bits per heavy atom. The molecule has 0 aromatic carbocycles. The van der Waals surface area contributed by atoms with E-state index >= 15 is 0 Å². The van der Waals surface area contributed by atoms with Gasteiger partial charge in [-0.05, 0) is 77.1 Å². The lowest BCUT2D eigenvalue weighted by Crippen LogP contribution is -2.41. The molecule has 1 atom stereocenters. The zero-order valence-electron chi connectivity index (χ0n) is 21.2. The van der Waals surface area contributed by atoms with Gasteiger partial charge in [-0.25, -0.2) is 0 Å². The summed E-state index contributed by atoms with van der Waals surface area (Å²) in [5, 5.41) is 21.7. The van der Waals surface area contributed by atoms with Crippen LogP contribution in [-0.2, 0) is 15.9 Å². The Bertz CT molecular complexity index is 888. The van der Waals surface area contributed by atoms with Gasteiger partial charge >= 0.3 is 7.12 Å². The van der Waals surface area contributed by atoms with Crippen molar-refractivity contribution in [3.63, 3.8) is 0 Å². The number of aromatic nitrogens is 2. The monoisotopic (exact) mass is 441 g/mol. The van der Waals surface area contributed by atoms with Gasteiger partial charge < -0.3 is 19.8 Å². The summed E-state index contributed by atoms with van der Waals surface area (Å²) in [6.07, 6.45) is 12.6. The average molecular weight is 441 g/mol. The SMILES string of the molecule is CCC(C)/C=C1\C(=N)C=CC=C1B1OC(C)(C)C(C)(C)O1.Cc1cnn(CC(C)(C)O)c1. The number of aliphatic hydroxyl groups is 1. The van der Waals surface area contributed by atoms with Crippen LogP contribution in [0.2, 0.25) is 0 Å². The maximum absolute atomic E-state index is 9.42. The highest BCUT2D eigenvalue weighted by Gasteiger charge is 2.53. The highest BCUT2D eigenvalue weighted by molar-refractivity contribution is 6.58. The molecule has 0 spiro atoms. The summed E-state index contributed by atoms with van der Waals surface area (Å²) in [6, 6.07) is 0. The van der Waals surface area contributed by atoms with E-state index in [0.29, 0.717) is 18.2 Å². The molecule has 1 aliphatic carbocycles. The lowest BCUT2D eigenvalue weighted by atomic mass is 9.70. The third-order valence-electron chi connectivity index (χ3n) is 6.05. The number of rotatable bonds is 5. The van der Waals surface area contributed by atoms with Crippen LogP contribution in [0, 0.1) is 18.3 Å². The second-order valence-corrected chi connectivity index (χ2v) is 10.5. The van der Waals surface area contributed by atoms with Gasteiger partial charge in [-0.15, -0.1) is 0 Å². The van der Waals surface area contributed by atoms with E-state index < -0.39 is 12.7 Å². The summed E-state index contributed by atoms with van der Waals surface area (Å²) in [5.41, 5.74) is 2.15. The zero-order chi connectivity index (χ0) is 24.3. The largest absolute Gasteiger partial charge is 0.495 e. The first-order chi connectivity index (χ1) is 14.6. The molecule has 1 saturated heterocycles. The Morgan fingerprint density at radius 2 is 1.84 bits per heavy atom. The molecule has 2 heterocycles. The first-order valence-electron chi connectivity index (χ1n) is 11.4. The fourth-order valence-electron chi connectivity index (χ4n) is 3.30. The number of hydrogen-bond donors (Lipinski definition) is 2. The third-order valence-corrected chi connectivity index (χ3v) is 6.05. The molecule has 1 aliphatic heterocycles. The van der Waals surface area contributed by atoms with Crippen molar-refractivity contribution in [2.45, 2.75) is 92.1 Å². The summed E-state index contributed by atoms with van der Waals surface area (Å²) in [4.78, 5) is 0. The summed E-state index contributed by atoms with van der Waals surface area (Å²) in [6.45, 7) is 18.6. The van der Waals surface area contributed by atoms with Crippen LogP contribution in [0.1, 0.15) is 67.4 Å². The van der Waals surface area contributed by atoms with Crippen LogP contribution in [0.25, 0.3) is 0 Å². The number of hydrogen-bond acceptors (Lipinski definition) is 5. The smallest absolute Gasteiger partial charge is 0.399 e. The molecular formula is C25H40BN3O3. The van der Waals surface area contributed by atoms with Crippen LogP contribution >= 0.6 is 0 Å². The van der Waals surface area contributed by atoms with Gasteiger partial charge in [0.15, 0.2) is 0 Å². The van der Waals surface area contributed by atoms with Crippen LogP contribution in [-0.4, -0.2) is 44.5 Å². The van der Waals surface area contributed by atoms with Crippen LogP contribution < -0.4 is 0 Å². The number of nitrogens with zero attached hydrogens (tertiary/aromatic N) is 2. The van der Waals surface area contributed by atoms with E-state index in [1.807, 2.05) is 31.3 Å². The minimum atomic E-state index is -0.682. The van der Waals surface area contributed by atoms with E-state index in [4.69, 9.17) is 14.7 Å². The molecule has 0 radical (unpaired) electrons. The van der Waals surface area contributed by atoms with E-state index in [9.17, 15) is 5.11 Å². The van der Waals surface area contributed by atoms with Crippen LogP contribution in [0.4, 0.5) is 0 Å². The fourth-order valence-corrected chi connectivity index (χ4v) is 3.30. The van der Waals surface area contributed by atoms with Gasteiger partial charge in [-0.2, -0.15) is 5.10 Å². The highest BCUT2D eigenvalue weighted by Crippen LogP contribution is 2.40. The minimum Gasteiger partial charge on any atom is -0.399 e. The lowest BCUT2D eigenvalue weighted by Gasteiger charge is -2.32. The second-order valence-electron chi connectivity index (χ2n) is 10.5. The average Bonchev–Trinajstić information content (AvgIpc) is 3.14. The maximum Gasteiger partial charge on any atom is 0.495 e. The van der Waals surface area contributed by atoms with Gasteiger partial charge in [0.2, 0.25) is 0 Å². The molecule has 3 rings (SSSR count). The fraction of sp³-hybridized carbons (Fsp3) is 0.600. The Kier molecular flexibility index (Phi) is 8.13. The molecule has 0 bridgehead atoms. The van der Waals surface area contributed by atoms with Gasteiger partial charge in [-0.3, -0.25) is 4.68 Å². The maximum atomic E-state index is 9.42. The van der Waals surface area contributed by atoms with E-state index in [2.05, 4.69) is 52.7 Å². The highest BCUT2D eigenvalue weighted by atomic mass is 16.7. The van der Waals surface area contributed by atoms with E-state index in [1.54, 1.807) is 24.7 Å². The van der Waals surface area contributed by atoms with Crippen molar-refractivity contribution in [3.05, 3.63) is 53.3 Å². The molecule has 1 aromatic heterocycles. The van der Waals surface area contributed by atoms with E-state index in [-0.39, 0.29) is 11.2 Å². The Balaban J connectivity index is 0.000000278. The molecule has 1 unspecified atom stereocenters. The minimum absolute atomic E-state index is 0.358. The Labute approximate surface area is 194 Å². The molecule has 0 saturated carbocycles. The van der Waals surface area contributed by atoms with Crippen LogP contribution in [0.5, 0.6) is 0 Å². The molecule has 2 aliphatic rings. The molecule has 7 heteroatoms. The van der Waals surface area contributed by atoms with Crippen molar-refractivity contribution in [1.29, 1.82) is 5.41 Å². The van der Waals surface area contributed by atoms with Gasteiger partial charge in [0.1, 0.15) is 0 Å². The standard InChI is InChI=1S/C17H26BNO2.C8H14N2O/c1-7-12(2)11-13-14(9-8-10-15(13)19)18-20-16(3,4)17(5,6)21-18;1-7-4-9-10(5-7)6-8(2,3)11/h8-12,19H,7H2,1-6H3;4-5,11H,6H2,1-3H3/b13-11-,19-15?;. The number of aryl methyl sites for hydroxylation is 1. The first kappa shape index (κ1) is 26.3. The number of allylic oxidation sites excluding steroid dienone is 6. The molecule has 6 nitrogen and oxygen atoms in total. The van der Waals surface area contributed by atoms with Gasteiger partial charge in [0.05, 0.1) is 35.3 Å². The summed E-state index contributed by atoms with van der Waals surface area (Å²) >= 11 is 0. The first-order valence-corrected chi connectivity index (χ1v) is 11.4. The van der Waals surface area contributed by atoms with Crippen molar-refractivity contribution in [2.75, 3.05) is 0 Å². The molecule has 32 heavy (non-hydrogen) atoms. The van der Waals surface area contributed by atoms with Crippen molar-refractivity contribution < 1.29 is 14.4 Å². The molecule has 0 amide bonds. The van der Waals surface area contributed by atoms with Gasteiger partial charge in [0, 0.05) is 6.20 Å². The van der Waals surface area contributed by atoms with Crippen molar-refractivity contribution in [1.82, 2.24) is 9.78 Å². The molecular weight excluding hydrogens is 401 g/mol. The molecule has 176 valence electrons. The van der Waals surface area contributed by atoms with Crippen LogP contribution in [0.15, 0.2) is 47.7 Å². The summed E-state index contributed by atoms with van der Waals surface area (Å²) in [5.74, 6) is 0.428. The third kappa shape index (κ3) is 6.77. The van der Waals surface area contributed by atoms with Gasteiger partial charge in [0.25, 0.3) is 0 Å². The molecule has 2 N–H and O–H groups in total. The van der Waals surface area contributed by atoms with Gasteiger partial charge in [-0.1, -0.05) is 38.5 Å². The normalized spacial score (nSPS) is 21.9. The van der Waals surface area contributed by atoms with E-state index in [1.165, 1.54) is 0 Å². The second kappa shape index (κ2) is 9.90. The Hall–Kier alpha value is -1.96. The lowest BCUT2D eigenvalue weighted by molar-refractivity contribution is 0.00578. The molecule has 1 fully saturated rings. The topological polar surface area (TPSA) is 80.4 Å². The van der Waals surface area contributed by atoms with E-state index in [0.717, 1.165) is 23.0 Å². The molecule has 1 aromatic rings. The summed E-state index contributed by atoms with van der Waals surface area (Å²) < 4.78 is 14.0. The van der Waals surface area contributed by atoms with Crippen molar-refractivity contribution in [2.24, 2.45) is 5.92 Å². The quantitative estimate of drug-likeness (QED) is 0.626. The predicted molar refractivity (Wildman–Crippen MR) is 132 cm³/mol. The van der Waals surface area contributed by atoms with Crippen molar-refractivity contribution in [3.8, 4) is 0 Å². The zero-order valence-corrected chi connectivity index (χ0v) is 21.2.